The van der Waals surface area contributed by atoms with Gasteiger partial charge in [-0.15, -0.1) is 0 Å². The molecule has 0 aliphatic carbocycles. The zero-order valence-electron chi connectivity index (χ0n) is 14.4. The number of methoxy groups -OCH3 is 3. The molecule has 0 radical (unpaired) electrons. The molecule has 1 aliphatic rings. The molecule has 1 heterocycles. The minimum absolute atomic E-state index is 0.0779. The van der Waals surface area contributed by atoms with E-state index in [1.165, 1.54) is 26.2 Å². The highest BCUT2D eigenvalue weighted by atomic mass is 16.7. The fourth-order valence-electron chi connectivity index (χ4n) is 2.65. The number of rotatable bonds is 8. The molecule has 0 unspecified atom stereocenters. The summed E-state index contributed by atoms with van der Waals surface area (Å²) in [7, 11) is 4.27. The zero-order valence-corrected chi connectivity index (χ0v) is 14.4. The maximum absolute atomic E-state index is 12.6. The number of anilines is 1. The molecule has 2 rings (SSSR count). The summed E-state index contributed by atoms with van der Waals surface area (Å²) in [6, 6.07) is 7.15. The molecule has 1 aromatic rings. The average molecular weight is 350 g/mol. The molecule has 25 heavy (non-hydrogen) atoms. The Kier molecular flexibility index (Phi) is 6.51. The van der Waals surface area contributed by atoms with Gasteiger partial charge in [0.05, 0.1) is 25.8 Å². The summed E-state index contributed by atoms with van der Waals surface area (Å²) in [6.45, 7) is 0.0129. The second-order valence-corrected chi connectivity index (χ2v) is 5.31. The molecule has 8 nitrogen and oxygen atoms in total. The van der Waals surface area contributed by atoms with Crippen molar-refractivity contribution in [2.24, 2.45) is 0 Å². The third kappa shape index (κ3) is 3.98. The monoisotopic (exact) mass is 350 g/mol. The lowest BCUT2D eigenvalue weighted by Gasteiger charge is -2.19. The Morgan fingerprint density at radius 2 is 1.96 bits per heavy atom. The molecule has 0 atom stereocenters. The van der Waals surface area contributed by atoms with Crippen LogP contribution in [0.1, 0.15) is 11.9 Å². The average Bonchev–Trinajstić information content (AvgIpc) is 2.93. The maximum atomic E-state index is 12.6. The molecule has 1 aliphatic heterocycles. The van der Waals surface area contributed by atoms with Gasteiger partial charge in [0.1, 0.15) is 5.70 Å². The lowest BCUT2D eigenvalue weighted by molar-refractivity contribution is -0.136. The largest absolute Gasteiger partial charge is 0.466 e. The van der Waals surface area contributed by atoms with Gasteiger partial charge in [-0.25, -0.2) is 4.79 Å². The number of aliphatic hydroxyl groups is 1. The number of aliphatic hydroxyl groups excluding tert-OH is 1. The van der Waals surface area contributed by atoms with Crippen molar-refractivity contribution in [1.29, 1.82) is 0 Å². The zero-order chi connectivity index (χ0) is 18.4. The molecule has 0 fully saturated rings. The number of amides is 1. The minimum atomic E-state index is -0.629. The summed E-state index contributed by atoms with van der Waals surface area (Å²) in [6.07, 6.45) is -0.629. The van der Waals surface area contributed by atoms with Gasteiger partial charge in [0.25, 0.3) is 5.91 Å². The van der Waals surface area contributed by atoms with Crippen LogP contribution in [0.25, 0.3) is 0 Å². The van der Waals surface area contributed by atoms with Gasteiger partial charge in [0.15, 0.2) is 6.29 Å². The Morgan fingerprint density at radius 1 is 1.28 bits per heavy atom. The number of hydrogen-bond donors (Lipinski definition) is 2. The number of ether oxygens (including phenoxy) is 3. The quantitative estimate of drug-likeness (QED) is 0.525. The molecule has 0 aromatic heterocycles. The van der Waals surface area contributed by atoms with Crippen LogP contribution in [0.15, 0.2) is 35.5 Å². The van der Waals surface area contributed by atoms with Crippen LogP contribution >= 0.6 is 0 Å². The van der Waals surface area contributed by atoms with E-state index < -0.39 is 12.3 Å². The van der Waals surface area contributed by atoms with Crippen molar-refractivity contribution < 1.29 is 28.9 Å². The van der Waals surface area contributed by atoms with Crippen molar-refractivity contribution in [2.45, 2.75) is 6.29 Å². The van der Waals surface area contributed by atoms with Crippen LogP contribution in [-0.2, 0) is 23.8 Å². The van der Waals surface area contributed by atoms with E-state index in [0.29, 0.717) is 11.3 Å². The predicted octanol–water partition coefficient (Wildman–Crippen LogP) is 0.651. The third-order valence-electron chi connectivity index (χ3n) is 3.86. The Balaban J connectivity index is 2.39. The van der Waals surface area contributed by atoms with Gasteiger partial charge in [-0.2, -0.15) is 0 Å². The highest BCUT2D eigenvalue weighted by molar-refractivity contribution is 6.08. The standard InChI is InChI=1S/C17H22N2O6/c1-23-16(22)12-10-19(8-9-20)15(21)14(12)18-13-7-5-4-6-11(13)17(24-2)25-3/h4-7,17-18,20H,8-10H2,1-3H3. The summed E-state index contributed by atoms with van der Waals surface area (Å²) in [5.41, 5.74) is 1.59. The smallest absolute Gasteiger partial charge is 0.337 e. The van der Waals surface area contributed by atoms with Crippen LogP contribution in [0.4, 0.5) is 5.69 Å². The Morgan fingerprint density at radius 3 is 2.56 bits per heavy atom. The summed E-state index contributed by atoms with van der Waals surface area (Å²) >= 11 is 0. The first-order chi connectivity index (χ1) is 12.1. The first-order valence-electron chi connectivity index (χ1n) is 7.70. The molecular weight excluding hydrogens is 328 g/mol. The summed E-state index contributed by atoms with van der Waals surface area (Å²) < 4.78 is 15.3. The van der Waals surface area contributed by atoms with Crippen molar-refractivity contribution in [3.05, 3.63) is 41.1 Å². The van der Waals surface area contributed by atoms with Gasteiger partial charge in [0.2, 0.25) is 0 Å². The van der Waals surface area contributed by atoms with Crippen LogP contribution in [-0.4, -0.2) is 62.9 Å². The molecule has 0 saturated carbocycles. The van der Waals surface area contributed by atoms with Crippen LogP contribution in [0.3, 0.4) is 0 Å². The molecule has 0 spiro atoms. The first-order valence-corrected chi connectivity index (χ1v) is 7.70. The van der Waals surface area contributed by atoms with E-state index in [1.54, 1.807) is 18.2 Å². The van der Waals surface area contributed by atoms with Crippen molar-refractivity contribution in [3.8, 4) is 0 Å². The number of esters is 1. The van der Waals surface area contributed by atoms with Gasteiger partial charge in [0, 0.05) is 32.0 Å². The topological polar surface area (TPSA) is 97.3 Å². The van der Waals surface area contributed by atoms with E-state index in [2.05, 4.69) is 5.32 Å². The Bertz CT molecular complexity index is 669. The summed E-state index contributed by atoms with van der Waals surface area (Å²) in [5, 5.41) is 12.1. The molecule has 8 heteroatoms. The van der Waals surface area contributed by atoms with Crippen molar-refractivity contribution in [1.82, 2.24) is 4.90 Å². The van der Waals surface area contributed by atoms with Gasteiger partial charge < -0.3 is 29.5 Å². The minimum Gasteiger partial charge on any atom is -0.466 e. The van der Waals surface area contributed by atoms with E-state index in [-0.39, 0.29) is 36.9 Å². The molecule has 0 saturated heterocycles. The molecule has 1 amide bonds. The third-order valence-corrected chi connectivity index (χ3v) is 3.86. The number of carbonyl (C=O) groups excluding carboxylic acids is 2. The van der Waals surface area contributed by atoms with E-state index in [1.807, 2.05) is 6.07 Å². The van der Waals surface area contributed by atoms with E-state index in [0.717, 1.165) is 0 Å². The number of β-amino-alcohol motifs (C(OH)–C–C–N with tert-alkyl or cyclic N) is 1. The van der Waals surface area contributed by atoms with Gasteiger partial charge in [-0.3, -0.25) is 4.79 Å². The highest BCUT2D eigenvalue weighted by Gasteiger charge is 2.34. The van der Waals surface area contributed by atoms with Gasteiger partial charge in [-0.05, 0) is 6.07 Å². The molecule has 0 bridgehead atoms. The van der Waals surface area contributed by atoms with Crippen LogP contribution in [0.5, 0.6) is 0 Å². The van der Waals surface area contributed by atoms with Crippen LogP contribution in [0.2, 0.25) is 0 Å². The SMILES string of the molecule is COC(=O)C1=C(Nc2ccccc2C(OC)OC)C(=O)N(CCO)C1. The van der Waals surface area contributed by atoms with Gasteiger partial charge >= 0.3 is 5.97 Å². The van der Waals surface area contributed by atoms with Gasteiger partial charge in [-0.1, -0.05) is 18.2 Å². The molecule has 1 aromatic carbocycles. The second-order valence-electron chi connectivity index (χ2n) is 5.31. The fourth-order valence-corrected chi connectivity index (χ4v) is 2.65. The van der Waals surface area contributed by atoms with Crippen molar-refractivity contribution in [2.75, 3.05) is 46.3 Å². The van der Waals surface area contributed by atoms with Crippen molar-refractivity contribution >= 4 is 17.6 Å². The lowest BCUT2D eigenvalue weighted by atomic mass is 10.1. The number of para-hydroxylation sites is 1. The lowest BCUT2D eigenvalue weighted by Crippen LogP contribution is -2.31. The molecule has 136 valence electrons. The van der Waals surface area contributed by atoms with E-state index in [9.17, 15) is 9.59 Å². The summed E-state index contributed by atoms with van der Waals surface area (Å²) in [4.78, 5) is 26.0. The Hall–Kier alpha value is -2.42. The maximum Gasteiger partial charge on any atom is 0.337 e. The van der Waals surface area contributed by atoms with Crippen LogP contribution < -0.4 is 5.32 Å². The Labute approximate surface area is 146 Å². The second kappa shape index (κ2) is 8.61. The first kappa shape index (κ1) is 18.9. The molecular formula is C17H22N2O6. The number of benzene rings is 1. The number of nitrogens with zero attached hydrogens (tertiary/aromatic N) is 1. The fraction of sp³-hybridized carbons (Fsp3) is 0.412. The van der Waals surface area contributed by atoms with E-state index in [4.69, 9.17) is 19.3 Å². The number of nitrogens with one attached hydrogen (secondary N) is 1. The summed E-state index contributed by atoms with van der Waals surface area (Å²) in [5.74, 6) is -0.973. The number of hydrogen-bond acceptors (Lipinski definition) is 7. The van der Waals surface area contributed by atoms with E-state index >= 15 is 0 Å². The normalized spacial score (nSPS) is 14.4. The number of carbonyl (C=O) groups is 2. The highest BCUT2D eigenvalue weighted by Crippen LogP contribution is 2.29. The van der Waals surface area contributed by atoms with Crippen LogP contribution in [0, 0.1) is 0 Å². The molecule has 2 N–H and O–H groups in total. The van der Waals surface area contributed by atoms with Crippen molar-refractivity contribution in [3.63, 3.8) is 0 Å². The predicted molar refractivity (Wildman–Crippen MR) is 89.5 cm³/mol.